The van der Waals surface area contributed by atoms with E-state index in [1.54, 1.807) is 12.3 Å². The lowest BCUT2D eigenvalue weighted by Crippen LogP contribution is -2.54. The van der Waals surface area contributed by atoms with Crippen LogP contribution in [0.25, 0.3) is 0 Å². The largest absolute Gasteiger partial charge is 0.491 e. The molecule has 6 heteroatoms. The molecule has 1 amide bonds. The van der Waals surface area contributed by atoms with E-state index in [1.165, 1.54) is 39.2 Å². The molecule has 1 saturated carbocycles. The summed E-state index contributed by atoms with van der Waals surface area (Å²) in [7, 11) is 1.50. The fourth-order valence-electron chi connectivity index (χ4n) is 5.31. The minimum absolute atomic E-state index is 0.0997. The molecule has 1 atom stereocenters. The number of amides is 1. The highest BCUT2D eigenvalue weighted by molar-refractivity contribution is 5.84. The van der Waals surface area contributed by atoms with Gasteiger partial charge in [-0.15, -0.1) is 0 Å². The predicted octanol–water partition coefficient (Wildman–Crippen LogP) is 2.53. The molecule has 1 N–H and O–H groups in total. The predicted molar refractivity (Wildman–Crippen MR) is 104 cm³/mol. The van der Waals surface area contributed by atoms with Crippen LogP contribution in [0.15, 0.2) is 17.1 Å². The Bertz CT molecular complexity index is 740. The van der Waals surface area contributed by atoms with Crippen molar-refractivity contribution in [2.75, 3.05) is 26.7 Å². The minimum Gasteiger partial charge on any atom is -0.491 e. The molecular weight excluding hydrogens is 342 g/mol. The van der Waals surface area contributed by atoms with Crippen molar-refractivity contribution in [3.63, 3.8) is 0 Å². The number of hydrogen-bond donors (Lipinski definition) is 1. The topological polar surface area (TPSA) is 65.6 Å². The van der Waals surface area contributed by atoms with Crippen LogP contribution in [-0.2, 0) is 11.3 Å². The maximum atomic E-state index is 13.4. The summed E-state index contributed by atoms with van der Waals surface area (Å²) < 4.78 is 5.04. The van der Waals surface area contributed by atoms with Crippen molar-refractivity contribution in [2.45, 2.75) is 64.0 Å². The molecule has 0 radical (unpaired) electrons. The molecule has 6 nitrogen and oxygen atoms in total. The van der Waals surface area contributed by atoms with E-state index in [1.807, 2.05) is 0 Å². The highest BCUT2D eigenvalue weighted by Gasteiger charge is 2.49. The molecular formula is C21H31N3O3. The Morgan fingerprint density at radius 3 is 2.70 bits per heavy atom. The number of piperidine rings is 1. The lowest BCUT2D eigenvalue weighted by Gasteiger charge is -2.44. The van der Waals surface area contributed by atoms with Crippen molar-refractivity contribution in [2.24, 2.45) is 5.41 Å². The van der Waals surface area contributed by atoms with Crippen molar-refractivity contribution >= 4 is 5.91 Å². The van der Waals surface area contributed by atoms with Crippen LogP contribution in [0.5, 0.6) is 5.75 Å². The molecule has 1 aromatic heterocycles. The normalized spacial score (nSPS) is 27.4. The van der Waals surface area contributed by atoms with Crippen LogP contribution >= 0.6 is 0 Å². The van der Waals surface area contributed by atoms with Gasteiger partial charge in [0.05, 0.1) is 12.5 Å². The van der Waals surface area contributed by atoms with Gasteiger partial charge in [0.25, 0.3) is 0 Å². The fraction of sp³-hybridized carbons (Fsp3) is 0.714. The molecule has 0 bridgehead atoms. The number of rotatable bonds is 4. The van der Waals surface area contributed by atoms with E-state index >= 15 is 0 Å². The second kappa shape index (κ2) is 7.66. The number of pyridine rings is 1. The fourth-order valence-corrected chi connectivity index (χ4v) is 5.31. The zero-order chi connectivity index (χ0) is 18.9. The summed E-state index contributed by atoms with van der Waals surface area (Å²) in [6, 6.07) is 2.08. The number of H-pyrrole nitrogens is 1. The molecule has 1 aromatic rings. The Hall–Kier alpha value is -1.82. The Balaban J connectivity index is 1.43. The number of nitrogens with zero attached hydrogens (tertiary/aromatic N) is 2. The average molecular weight is 373 g/mol. The van der Waals surface area contributed by atoms with E-state index in [0.717, 1.165) is 44.6 Å². The molecule has 4 rings (SSSR count). The zero-order valence-electron chi connectivity index (χ0n) is 16.3. The first-order valence-electron chi connectivity index (χ1n) is 10.4. The van der Waals surface area contributed by atoms with Gasteiger partial charge >= 0.3 is 0 Å². The molecule has 3 aliphatic rings. The van der Waals surface area contributed by atoms with Crippen LogP contribution in [0.3, 0.4) is 0 Å². The molecule has 3 fully saturated rings. The average Bonchev–Trinajstić information content (AvgIpc) is 3.08. The molecule has 3 heterocycles. The van der Waals surface area contributed by atoms with Gasteiger partial charge in [0.15, 0.2) is 5.75 Å². The van der Waals surface area contributed by atoms with Crippen molar-refractivity contribution < 1.29 is 9.53 Å². The third kappa shape index (κ3) is 3.64. The number of aromatic amines is 1. The third-order valence-electron chi connectivity index (χ3n) is 6.77. The highest BCUT2D eigenvalue weighted by Crippen LogP contribution is 2.42. The van der Waals surface area contributed by atoms with Crippen LogP contribution in [0, 0.1) is 5.41 Å². The molecule has 0 aromatic carbocycles. The number of carbonyl (C=O) groups is 1. The number of likely N-dealkylation sites (tertiary alicyclic amines) is 2. The monoisotopic (exact) mass is 373 g/mol. The van der Waals surface area contributed by atoms with Crippen molar-refractivity contribution in [1.82, 2.24) is 14.8 Å². The van der Waals surface area contributed by atoms with E-state index in [0.29, 0.717) is 24.2 Å². The van der Waals surface area contributed by atoms with Gasteiger partial charge in [0.1, 0.15) is 0 Å². The summed E-state index contributed by atoms with van der Waals surface area (Å²) in [5.74, 6) is 0.730. The summed E-state index contributed by atoms with van der Waals surface area (Å²) in [5.41, 5.74) is 0.574. The maximum absolute atomic E-state index is 13.4. The van der Waals surface area contributed by atoms with E-state index in [2.05, 4.69) is 14.8 Å². The van der Waals surface area contributed by atoms with Crippen LogP contribution in [0.1, 0.15) is 57.1 Å². The maximum Gasteiger partial charge on any atom is 0.230 e. The third-order valence-corrected chi connectivity index (χ3v) is 6.77. The second-order valence-corrected chi connectivity index (χ2v) is 8.53. The summed E-state index contributed by atoms with van der Waals surface area (Å²) in [4.78, 5) is 33.1. The summed E-state index contributed by atoms with van der Waals surface area (Å²) >= 11 is 0. The second-order valence-electron chi connectivity index (χ2n) is 8.53. The van der Waals surface area contributed by atoms with Gasteiger partial charge in [0, 0.05) is 43.6 Å². The lowest BCUT2D eigenvalue weighted by atomic mass is 9.77. The van der Waals surface area contributed by atoms with E-state index in [9.17, 15) is 9.59 Å². The molecule has 1 aliphatic carbocycles. The van der Waals surface area contributed by atoms with Gasteiger partial charge in [-0.3, -0.25) is 14.5 Å². The molecule has 1 spiro atoms. The Morgan fingerprint density at radius 1 is 1.15 bits per heavy atom. The van der Waals surface area contributed by atoms with E-state index in [-0.39, 0.29) is 10.8 Å². The Morgan fingerprint density at radius 2 is 1.96 bits per heavy atom. The SMILES string of the molecule is COc1c[nH]c(CN2CCC3(CCCN(C4CCCCC4)C3=O)C2)cc1=O. The van der Waals surface area contributed by atoms with Gasteiger partial charge < -0.3 is 14.6 Å². The lowest BCUT2D eigenvalue weighted by molar-refractivity contribution is -0.149. The van der Waals surface area contributed by atoms with Crippen molar-refractivity contribution in [3.8, 4) is 5.75 Å². The molecule has 1 unspecified atom stereocenters. The van der Waals surface area contributed by atoms with Gasteiger partial charge in [-0.05, 0) is 38.6 Å². The number of hydrogen-bond acceptors (Lipinski definition) is 4. The Labute approximate surface area is 160 Å². The Kier molecular flexibility index (Phi) is 5.26. The summed E-state index contributed by atoms with van der Waals surface area (Å²) in [6.07, 6.45) is 10.9. The quantitative estimate of drug-likeness (QED) is 0.881. The molecule has 2 saturated heterocycles. The summed E-state index contributed by atoms with van der Waals surface area (Å²) in [5, 5.41) is 0. The number of aromatic nitrogens is 1. The van der Waals surface area contributed by atoms with Gasteiger partial charge in [-0.2, -0.15) is 0 Å². The number of carbonyl (C=O) groups excluding carboxylic acids is 1. The van der Waals surface area contributed by atoms with Crippen LogP contribution in [0.2, 0.25) is 0 Å². The molecule has 2 aliphatic heterocycles. The van der Waals surface area contributed by atoms with Gasteiger partial charge in [-0.1, -0.05) is 19.3 Å². The molecule has 148 valence electrons. The first kappa shape index (κ1) is 18.5. The standard InChI is InChI=1S/C21H31N3O3/c1-27-19-13-22-16(12-18(19)25)14-23-11-9-21(15-23)8-5-10-24(20(21)26)17-6-3-2-4-7-17/h12-13,17H,2-11,14-15H2,1H3,(H,22,25). The first-order valence-corrected chi connectivity index (χ1v) is 10.4. The first-order chi connectivity index (χ1) is 13.1. The summed E-state index contributed by atoms with van der Waals surface area (Å²) in [6.45, 7) is 3.34. The highest BCUT2D eigenvalue weighted by atomic mass is 16.5. The smallest absolute Gasteiger partial charge is 0.230 e. The van der Waals surface area contributed by atoms with E-state index < -0.39 is 0 Å². The van der Waals surface area contributed by atoms with Crippen LogP contribution in [-0.4, -0.2) is 53.5 Å². The zero-order valence-corrected chi connectivity index (χ0v) is 16.3. The van der Waals surface area contributed by atoms with Crippen LogP contribution < -0.4 is 10.2 Å². The van der Waals surface area contributed by atoms with Crippen molar-refractivity contribution in [3.05, 3.63) is 28.2 Å². The van der Waals surface area contributed by atoms with Gasteiger partial charge in [0.2, 0.25) is 11.3 Å². The van der Waals surface area contributed by atoms with E-state index in [4.69, 9.17) is 4.74 Å². The minimum atomic E-state index is -0.206. The van der Waals surface area contributed by atoms with Gasteiger partial charge in [-0.25, -0.2) is 0 Å². The van der Waals surface area contributed by atoms with Crippen LogP contribution in [0.4, 0.5) is 0 Å². The number of ether oxygens (including phenoxy) is 1. The number of methoxy groups -OCH3 is 1. The molecule has 27 heavy (non-hydrogen) atoms. The number of nitrogens with one attached hydrogen (secondary N) is 1. The van der Waals surface area contributed by atoms with Crippen molar-refractivity contribution in [1.29, 1.82) is 0 Å².